The number of nitrogens with zero attached hydrogens (tertiary/aromatic N) is 1. The predicted molar refractivity (Wildman–Crippen MR) is 68.7 cm³/mol. The average Bonchev–Trinajstić information content (AvgIpc) is 2.56. The van der Waals surface area contributed by atoms with Crippen molar-refractivity contribution in [3.8, 4) is 0 Å². The molecule has 2 heteroatoms. The molecule has 1 aromatic heterocycles. The van der Waals surface area contributed by atoms with Gasteiger partial charge in [0.25, 0.3) is 0 Å². The van der Waals surface area contributed by atoms with Gasteiger partial charge in [-0.2, -0.15) is 0 Å². The van der Waals surface area contributed by atoms with Crippen LogP contribution in [-0.2, 0) is 6.42 Å². The highest BCUT2D eigenvalue weighted by Crippen LogP contribution is 2.33. The topological polar surface area (TPSA) is 30.9 Å². The van der Waals surface area contributed by atoms with Gasteiger partial charge < -0.3 is 10.3 Å². The van der Waals surface area contributed by atoms with Crippen LogP contribution in [0.1, 0.15) is 68.6 Å². The summed E-state index contributed by atoms with van der Waals surface area (Å²) in [4.78, 5) is 0. The van der Waals surface area contributed by atoms with Crippen molar-refractivity contribution in [3.63, 3.8) is 0 Å². The van der Waals surface area contributed by atoms with E-state index in [0.717, 1.165) is 6.42 Å². The molecule has 0 spiro atoms. The van der Waals surface area contributed by atoms with Crippen molar-refractivity contribution < 1.29 is 0 Å². The van der Waals surface area contributed by atoms with Gasteiger partial charge in [0.05, 0.1) is 0 Å². The molecule has 1 aliphatic carbocycles. The molecule has 0 radical (unpaired) electrons. The lowest BCUT2D eigenvalue weighted by Gasteiger charge is -2.24. The molecule has 2 N–H and O–H groups in total. The van der Waals surface area contributed by atoms with Crippen molar-refractivity contribution in [2.24, 2.45) is 5.73 Å². The Balaban J connectivity index is 2.38. The molecule has 2 atom stereocenters. The van der Waals surface area contributed by atoms with E-state index in [4.69, 9.17) is 5.73 Å². The summed E-state index contributed by atoms with van der Waals surface area (Å²) in [5.41, 5.74) is 10.5. The van der Waals surface area contributed by atoms with Gasteiger partial charge in [-0.3, -0.25) is 0 Å². The Hall–Kier alpha value is -0.760. The maximum absolute atomic E-state index is 6.19. The molecule has 0 saturated heterocycles. The molecule has 0 amide bonds. The highest BCUT2D eigenvalue weighted by Gasteiger charge is 2.23. The Morgan fingerprint density at radius 3 is 3.00 bits per heavy atom. The third-order valence-corrected chi connectivity index (χ3v) is 3.84. The maximum Gasteiger partial charge on any atom is 0.0313 e. The molecule has 0 aliphatic heterocycles. The van der Waals surface area contributed by atoms with E-state index in [1.54, 1.807) is 0 Å². The van der Waals surface area contributed by atoms with Crippen LogP contribution in [0.5, 0.6) is 0 Å². The molecular weight excluding hydrogens is 196 g/mol. The van der Waals surface area contributed by atoms with Gasteiger partial charge in [-0.1, -0.05) is 13.3 Å². The van der Waals surface area contributed by atoms with Gasteiger partial charge in [-0.05, 0) is 51.2 Å². The second-order valence-corrected chi connectivity index (χ2v) is 5.19. The first kappa shape index (κ1) is 11.7. The van der Waals surface area contributed by atoms with Crippen molar-refractivity contribution >= 4 is 0 Å². The summed E-state index contributed by atoms with van der Waals surface area (Å²) in [5.74, 6) is 0. The molecule has 0 fully saturated rings. The standard InChI is InChI=1S/C14H24N2/c1-4-6-10(2)16-11(3)9-12-13(15)7-5-8-14(12)16/h9-10,13H,4-8,15H2,1-3H3. The van der Waals surface area contributed by atoms with Crippen LogP contribution >= 0.6 is 0 Å². The smallest absolute Gasteiger partial charge is 0.0313 e. The molecule has 0 aromatic carbocycles. The van der Waals surface area contributed by atoms with Crippen LogP contribution in [0.15, 0.2) is 6.07 Å². The Morgan fingerprint density at radius 1 is 1.56 bits per heavy atom. The zero-order valence-corrected chi connectivity index (χ0v) is 10.8. The molecule has 2 nitrogen and oxygen atoms in total. The van der Waals surface area contributed by atoms with E-state index in [1.807, 2.05) is 0 Å². The van der Waals surface area contributed by atoms with Crippen molar-refractivity contribution in [3.05, 3.63) is 23.0 Å². The van der Waals surface area contributed by atoms with Crippen LogP contribution in [0.4, 0.5) is 0 Å². The third-order valence-electron chi connectivity index (χ3n) is 3.84. The van der Waals surface area contributed by atoms with Crippen LogP contribution in [0.25, 0.3) is 0 Å². The summed E-state index contributed by atoms with van der Waals surface area (Å²) >= 11 is 0. The molecule has 1 aromatic rings. The minimum absolute atomic E-state index is 0.275. The van der Waals surface area contributed by atoms with Crippen molar-refractivity contribution in [1.82, 2.24) is 4.57 Å². The first-order chi connectivity index (χ1) is 7.65. The lowest BCUT2D eigenvalue weighted by molar-refractivity contribution is 0.458. The summed E-state index contributed by atoms with van der Waals surface area (Å²) < 4.78 is 2.53. The Bertz CT molecular complexity index is 365. The second-order valence-electron chi connectivity index (χ2n) is 5.19. The molecule has 16 heavy (non-hydrogen) atoms. The van der Waals surface area contributed by atoms with E-state index in [2.05, 4.69) is 31.4 Å². The summed E-state index contributed by atoms with van der Waals surface area (Å²) in [6, 6.07) is 3.21. The van der Waals surface area contributed by atoms with E-state index in [1.165, 1.54) is 42.6 Å². The van der Waals surface area contributed by atoms with Gasteiger partial charge in [-0.15, -0.1) is 0 Å². The monoisotopic (exact) mass is 220 g/mol. The number of fused-ring (bicyclic) bond motifs is 1. The van der Waals surface area contributed by atoms with Crippen LogP contribution in [0.2, 0.25) is 0 Å². The summed E-state index contributed by atoms with van der Waals surface area (Å²) in [6.45, 7) is 6.81. The van der Waals surface area contributed by atoms with Gasteiger partial charge in [-0.25, -0.2) is 0 Å². The normalized spacial score (nSPS) is 21.9. The lowest BCUT2D eigenvalue weighted by atomic mass is 9.93. The fourth-order valence-corrected chi connectivity index (χ4v) is 3.12. The minimum Gasteiger partial charge on any atom is -0.346 e. The molecule has 0 saturated carbocycles. The fraction of sp³-hybridized carbons (Fsp3) is 0.714. The number of rotatable bonds is 3. The summed E-state index contributed by atoms with van der Waals surface area (Å²) in [5, 5.41) is 0. The van der Waals surface area contributed by atoms with E-state index in [0.29, 0.717) is 6.04 Å². The highest BCUT2D eigenvalue weighted by molar-refractivity contribution is 5.33. The molecular formula is C14H24N2. The number of hydrogen-bond donors (Lipinski definition) is 1. The lowest BCUT2D eigenvalue weighted by Crippen LogP contribution is -2.19. The number of nitrogens with two attached hydrogens (primary N) is 1. The molecule has 2 rings (SSSR count). The van der Waals surface area contributed by atoms with Crippen LogP contribution in [0, 0.1) is 6.92 Å². The number of aromatic nitrogens is 1. The largest absolute Gasteiger partial charge is 0.346 e. The van der Waals surface area contributed by atoms with Crippen LogP contribution in [-0.4, -0.2) is 4.57 Å². The first-order valence-electron chi connectivity index (χ1n) is 6.61. The summed E-state index contributed by atoms with van der Waals surface area (Å²) in [7, 11) is 0. The van der Waals surface area contributed by atoms with E-state index >= 15 is 0 Å². The van der Waals surface area contributed by atoms with Crippen molar-refractivity contribution in [2.45, 2.75) is 65.0 Å². The molecule has 2 unspecified atom stereocenters. The van der Waals surface area contributed by atoms with Gasteiger partial charge in [0.2, 0.25) is 0 Å². The zero-order valence-electron chi connectivity index (χ0n) is 10.8. The minimum atomic E-state index is 0.275. The van der Waals surface area contributed by atoms with Gasteiger partial charge in [0, 0.05) is 23.5 Å². The quantitative estimate of drug-likeness (QED) is 0.830. The number of aryl methyl sites for hydroxylation is 1. The fourth-order valence-electron chi connectivity index (χ4n) is 3.12. The first-order valence-corrected chi connectivity index (χ1v) is 6.61. The number of hydrogen-bond acceptors (Lipinski definition) is 1. The maximum atomic E-state index is 6.19. The molecule has 90 valence electrons. The third kappa shape index (κ3) is 1.91. The molecule has 1 aliphatic rings. The second kappa shape index (κ2) is 4.62. The van der Waals surface area contributed by atoms with Crippen LogP contribution < -0.4 is 5.73 Å². The van der Waals surface area contributed by atoms with Crippen molar-refractivity contribution in [1.29, 1.82) is 0 Å². The predicted octanol–water partition coefficient (Wildman–Crippen LogP) is 3.49. The zero-order chi connectivity index (χ0) is 11.7. The van der Waals surface area contributed by atoms with E-state index in [9.17, 15) is 0 Å². The molecule has 0 bridgehead atoms. The Labute approximate surface area is 98.8 Å². The van der Waals surface area contributed by atoms with E-state index < -0.39 is 0 Å². The van der Waals surface area contributed by atoms with Gasteiger partial charge >= 0.3 is 0 Å². The van der Waals surface area contributed by atoms with Crippen LogP contribution in [0.3, 0.4) is 0 Å². The summed E-state index contributed by atoms with van der Waals surface area (Å²) in [6.07, 6.45) is 6.12. The van der Waals surface area contributed by atoms with Crippen molar-refractivity contribution in [2.75, 3.05) is 0 Å². The molecule has 1 heterocycles. The van der Waals surface area contributed by atoms with Gasteiger partial charge in [0.15, 0.2) is 0 Å². The van der Waals surface area contributed by atoms with Gasteiger partial charge in [0.1, 0.15) is 0 Å². The Kier molecular flexibility index (Phi) is 3.38. The highest BCUT2D eigenvalue weighted by atomic mass is 15.0. The van der Waals surface area contributed by atoms with E-state index in [-0.39, 0.29) is 6.04 Å². The SMILES string of the molecule is CCCC(C)n1c(C)cc2c1CCCC2N. The average molecular weight is 220 g/mol. The Morgan fingerprint density at radius 2 is 2.31 bits per heavy atom.